The molecule has 0 radical (unpaired) electrons. The van der Waals surface area contributed by atoms with Gasteiger partial charge in [-0.1, -0.05) is 26.7 Å². The Hall–Kier alpha value is -0.0500. The fourth-order valence-corrected chi connectivity index (χ4v) is 4.14. The summed E-state index contributed by atoms with van der Waals surface area (Å²) in [6, 6.07) is 0.333. The van der Waals surface area contributed by atoms with Crippen molar-refractivity contribution in [3.05, 3.63) is 0 Å². The van der Waals surface area contributed by atoms with E-state index in [0.29, 0.717) is 48.8 Å². The molecule has 1 saturated heterocycles. The first-order valence-corrected chi connectivity index (χ1v) is 9.87. The molecule has 1 fully saturated rings. The number of guanidine groups is 1. The summed E-state index contributed by atoms with van der Waals surface area (Å²) in [6.07, 6.45) is 4.95. The predicted molar refractivity (Wildman–Crippen MR) is 105 cm³/mol. The quantitative estimate of drug-likeness (QED) is 0.358. The molecule has 0 aromatic rings. The molecule has 0 saturated carbocycles. The van der Waals surface area contributed by atoms with Crippen LogP contribution in [-0.4, -0.2) is 38.5 Å². The van der Waals surface area contributed by atoms with Crippen molar-refractivity contribution in [3.63, 3.8) is 0 Å². The highest BCUT2D eigenvalue weighted by Gasteiger charge is 2.23. The molecule has 0 amide bonds. The van der Waals surface area contributed by atoms with Crippen LogP contribution in [0.15, 0.2) is 4.99 Å². The maximum Gasteiger partial charge on any atom is 0.188 e. The van der Waals surface area contributed by atoms with E-state index in [1.54, 1.807) is 0 Å². The van der Waals surface area contributed by atoms with E-state index in [1.165, 1.54) is 12.8 Å². The average Bonchev–Trinajstić information content (AvgIpc) is 2.37. The molecule has 1 aliphatic rings. The highest BCUT2D eigenvalue weighted by molar-refractivity contribution is 14.0. The molecule has 1 unspecified atom stereocenters. The summed E-state index contributed by atoms with van der Waals surface area (Å²) in [7, 11) is -2.79. The molecular formula is C15H32IN3O2S. The molecular weight excluding hydrogens is 413 g/mol. The number of nitrogens with one attached hydrogen (secondary N) is 1. The predicted octanol–water partition coefficient (Wildman–Crippen LogP) is 2.55. The van der Waals surface area contributed by atoms with Gasteiger partial charge in [0.05, 0.1) is 11.5 Å². The van der Waals surface area contributed by atoms with Gasteiger partial charge < -0.3 is 11.1 Å². The van der Waals surface area contributed by atoms with Crippen molar-refractivity contribution in [2.45, 2.75) is 58.9 Å². The Morgan fingerprint density at radius 2 is 1.82 bits per heavy atom. The van der Waals surface area contributed by atoms with Crippen molar-refractivity contribution in [2.24, 2.45) is 22.6 Å². The summed E-state index contributed by atoms with van der Waals surface area (Å²) in [5, 5.41) is 3.22. The third-order valence-corrected chi connectivity index (χ3v) is 5.72. The van der Waals surface area contributed by atoms with Crippen LogP contribution >= 0.6 is 24.0 Å². The number of aliphatic imine (C=N–C) groups is 1. The van der Waals surface area contributed by atoms with Gasteiger partial charge in [-0.15, -0.1) is 24.0 Å². The molecule has 1 atom stereocenters. The number of hydrogen-bond acceptors (Lipinski definition) is 3. The first-order chi connectivity index (χ1) is 9.78. The second-order valence-electron chi connectivity index (χ2n) is 6.69. The van der Waals surface area contributed by atoms with Gasteiger partial charge in [-0.3, -0.25) is 4.99 Å². The largest absolute Gasteiger partial charge is 0.370 e. The van der Waals surface area contributed by atoms with Gasteiger partial charge in [0, 0.05) is 12.6 Å². The number of rotatable bonds is 7. The monoisotopic (exact) mass is 445 g/mol. The molecule has 22 heavy (non-hydrogen) atoms. The molecule has 3 N–H and O–H groups in total. The van der Waals surface area contributed by atoms with Crippen LogP contribution in [-0.2, 0) is 9.84 Å². The molecule has 0 aromatic heterocycles. The zero-order valence-electron chi connectivity index (χ0n) is 14.0. The molecule has 0 bridgehead atoms. The van der Waals surface area contributed by atoms with E-state index in [0.717, 1.165) is 12.3 Å². The number of nitrogens with zero attached hydrogens (tertiary/aromatic N) is 1. The van der Waals surface area contributed by atoms with Crippen LogP contribution in [0.2, 0.25) is 0 Å². The Balaban J connectivity index is 0.00000441. The lowest BCUT2D eigenvalue weighted by Crippen LogP contribution is -2.39. The lowest BCUT2D eigenvalue weighted by atomic mass is 10.0. The van der Waals surface area contributed by atoms with Crippen molar-refractivity contribution in [1.29, 1.82) is 0 Å². The Morgan fingerprint density at radius 1 is 1.23 bits per heavy atom. The number of halogens is 1. The Bertz CT molecular complexity index is 424. The fraction of sp³-hybridized carbons (Fsp3) is 0.933. The molecule has 0 spiro atoms. The van der Waals surface area contributed by atoms with Crippen LogP contribution in [0.5, 0.6) is 0 Å². The van der Waals surface area contributed by atoms with Crippen molar-refractivity contribution < 1.29 is 8.42 Å². The van der Waals surface area contributed by atoms with E-state index in [1.807, 2.05) is 0 Å². The normalized spacial score (nSPS) is 20.5. The van der Waals surface area contributed by atoms with E-state index in [9.17, 15) is 8.42 Å². The van der Waals surface area contributed by atoms with Crippen LogP contribution < -0.4 is 11.1 Å². The number of nitrogens with two attached hydrogens (primary N) is 1. The first kappa shape index (κ1) is 21.9. The second kappa shape index (κ2) is 10.7. The molecule has 5 nitrogen and oxygen atoms in total. The smallest absolute Gasteiger partial charge is 0.188 e. The lowest BCUT2D eigenvalue weighted by molar-refractivity contribution is 0.472. The van der Waals surface area contributed by atoms with Crippen LogP contribution in [0.3, 0.4) is 0 Å². The molecule has 132 valence electrons. The third-order valence-electron chi connectivity index (χ3n) is 4.01. The molecule has 1 rings (SSSR count). The molecule has 1 heterocycles. The van der Waals surface area contributed by atoms with E-state index >= 15 is 0 Å². The highest BCUT2D eigenvalue weighted by atomic mass is 127. The summed E-state index contributed by atoms with van der Waals surface area (Å²) >= 11 is 0. The zero-order valence-corrected chi connectivity index (χ0v) is 17.2. The second-order valence-corrected chi connectivity index (χ2v) is 8.99. The zero-order chi connectivity index (χ0) is 15.9. The topological polar surface area (TPSA) is 84.5 Å². The van der Waals surface area contributed by atoms with Gasteiger partial charge in [-0.25, -0.2) is 8.42 Å². The minimum absolute atomic E-state index is 0. The van der Waals surface area contributed by atoms with Crippen molar-refractivity contribution in [3.8, 4) is 0 Å². The maximum atomic E-state index is 11.4. The van der Waals surface area contributed by atoms with E-state index in [-0.39, 0.29) is 24.0 Å². The lowest BCUT2D eigenvalue weighted by Gasteiger charge is -2.20. The highest BCUT2D eigenvalue weighted by Crippen LogP contribution is 2.18. The third kappa shape index (κ3) is 9.86. The van der Waals surface area contributed by atoms with Gasteiger partial charge in [0.25, 0.3) is 0 Å². The van der Waals surface area contributed by atoms with Gasteiger partial charge in [0.1, 0.15) is 9.84 Å². The molecule has 0 aromatic carbocycles. The number of sulfone groups is 1. The van der Waals surface area contributed by atoms with E-state index in [4.69, 9.17) is 5.73 Å². The van der Waals surface area contributed by atoms with Crippen LogP contribution in [0.25, 0.3) is 0 Å². The Labute approximate surface area is 152 Å². The van der Waals surface area contributed by atoms with Crippen molar-refractivity contribution >= 4 is 39.8 Å². The molecule has 1 aliphatic heterocycles. The van der Waals surface area contributed by atoms with Gasteiger partial charge >= 0.3 is 0 Å². The summed E-state index contributed by atoms with van der Waals surface area (Å²) in [6.45, 7) is 7.22. The molecule has 0 aliphatic carbocycles. The first-order valence-electron chi connectivity index (χ1n) is 8.05. The van der Waals surface area contributed by atoms with Crippen LogP contribution in [0, 0.1) is 11.8 Å². The number of hydrogen-bond donors (Lipinski definition) is 2. The average molecular weight is 445 g/mol. The van der Waals surface area contributed by atoms with Crippen molar-refractivity contribution in [2.75, 3.05) is 18.1 Å². The van der Waals surface area contributed by atoms with Crippen molar-refractivity contribution in [1.82, 2.24) is 5.32 Å². The maximum absolute atomic E-state index is 11.4. The summed E-state index contributed by atoms with van der Waals surface area (Å²) in [5.41, 5.74) is 5.90. The van der Waals surface area contributed by atoms with Gasteiger partial charge in [0.15, 0.2) is 5.96 Å². The Kier molecular flexibility index (Phi) is 10.6. The SMILES string of the molecule is CC(C)CCCC(C)NC(N)=NCC1CCS(=O)(=O)CC1.I. The molecule has 7 heteroatoms. The Morgan fingerprint density at radius 3 is 2.36 bits per heavy atom. The van der Waals surface area contributed by atoms with Crippen LogP contribution in [0.4, 0.5) is 0 Å². The van der Waals surface area contributed by atoms with E-state index < -0.39 is 9.84 Å². The summed E-state index contributed by atoms with van der Waals surface area (Å²) in [5.74, 6) is 2.18. The standard InChI is InChI=1S/C15H31N3O2S.HI/c1-12(2)5-4-6-13(3)18-15(16)17-11-14-7-9-21(19,20)10-8-14;/h12-14H,4-11H2,1-3H3,(H3,16,17,18);1H. The van der Waals surface area contributed by atoms with Gasteiger partial charge in [-0.05, 0) is 38.0 Å². The fourth-order valence-electron chi connectivity index (χ4n) is 2.55. The summed E-state index contributed by atoms with van der Waals surface area (Å²) in [4.78, 5) is 4.37. The van der Waals surface area contributed by atoms with Gasteiger partial charge in [0.2, 0.25) is 0 Å². The van der Waals surface area contributed by atoms with Gasteiger partial charge in [-0.2, -0.15) is 0 Å². The summed E-state index contributed by atoms with van der Waals surface area (Å²) < 4.78 is 22.7. The van der Waals surface area contributed by atoms with Crippen LogP contribution in [0.1, 0.15) is 52.9 Å². The van der Waals surface area contributed by atoms with E-state index in [2.05, 4.69) is 31.1 Å². The minimum Gasteiger partial charge on any atom is -0.370 e. The minimum atomic E-state index is -2.79.